The van der Waals surface area contributed by atoms with Crippen molar-refractivity contribution in [1.29, 1.82) is 0 Å². The summed E-state index contributed by atoms with van der Waals surface area (Å²) >= 11 is 0. The van der Waals surface area contributed by atoms with Crippen molar-refractivity contribution in [3.05, 3.63) is 23.9 Å². The molecule has 8 nitrogen and oxygen atoms in total. The van der Waals surface area contributed by atoms with Crippen molar-refractivity contribution in [2.45, 2.75) is 31.2 Å². The summed E-state index contributed by atoms with van der Waals surface area (Å²) in [5.74, 6) is -1.22. The maximum atomic E-state index is 11.0. The Morgan fingerprint density at radius 2 is 2.04 bits per heavy atom. The van der Waals surface area contributed by atoms with Gasteiger partial charge >= 0.3 is 5.97 Å². The summed E-state index contributed by atoms with van der Waals surface area (Å²) in [6.07, 6.45) is -0.271. The molecule has 2 aliphatic rings. The molecule has 25 heavy (non-hydrogen) atoms. The zero-order valence-electron chi connectivity index (χ0n) is 14.0. The van der Waals surface area contributed by atoms with E-state index in [4.69, 9.17) is 5.11 Å². The standard InChI is InChI=1S/C17H22N4O4/c1-20-13-6-10(21-7-9(8-21)17(24)25)2-3-11(13)15(19-20)12-4-5-14(22)18-16(12)23/h2-3,6,9,12,14,16,18,22-23H,4-5,7-8H2,1H3,(H,24,25). The van der Waals surface area contributed by atoms with Crippen molar-refractivity contribution < 1.29 is 20.1 Å². The molecule has 8 heteroatoms. The molecule has 4 rings (SSSR count). The van der Waals surface area contributed by atoms with E-state index in [1.807, 2.05) is 30.1 Å². The molecule has 0 radical (unpaired) electrons. The molecule has 3 unspecified atom stereocenters. The van der Waals surface area contributed by atoms with Crippen LogP contribution < -0.4 is 10.2 Å². The Kier molecular flexibility index (Phi) is 3.90. The lowest BCUT2D eigenvalue weighted by Crippen LogP contribution is -2.50. The predicted molar refractivity (Wildman–Crippen MR) is 91.2 cm³/mol. The third-order valence-electron chi connectivity index (χ3n) is 5.31. The average molecular weight is 346 g/mol. The molecule has 4 N–H and O–H groups in total. The normalized spacial score (nSPS) is 27.5. The van der Waals surface area contributed by atoms with Crippen LogP contribution in [0.2, 0.25) is 0 Å². The van der Waals surface area contributed by atoms with Crippen LogP contribution in [0.15, 0.2) is 18.2 Å². The van der Waals surface area contributed by atoms with E-state index in [-0.39, 0.29) is 11.8 Å². The first-order valence-electron chi connectivity index (χ1n) is 8.50. The molecule has 134 valence electrons. The second-order valence-corrected chi connectivity index (χ2v) is 6.96. The number of carboxylic acid groups (broad SMARTS) is 1. The van der Waals surface area contributed by atoms with Crippen molar-refractivity contribution in [3.8, 4) is 0 Å². The van der Waals surface area contributed by atoms with E-state index in [0.29, 0.717) is 25.9 Å². The topological polar surface area (TPSA) is 111 Å². The number of aryl methyl sites for hydroxylation is 1. The number of hydrogen-bond donors (Lipinski definition) is 4. The molecule has 2 aromatic rings. The lowest BCUT2D eigenvalue weighted by molar-refractivity contribution is -0.142. The van der Waals surface area contributed by atoms with Crippen LogP contribution in [0.1, 0.15) is 24.5 Å². The van der Waals surface area contributed by atoms with Crippen LogP contribution in [0, 0.1) is 5.92 Å². The number of hydrogen-bond acceptors (Lipinski definition) is 6. The van der Waals surface area contributed by atoms with Gasteiger partial charge in [0.2, 0.25) is 0 Å². The summed E-state index contributed by atoms with van der Waals surface area (Å²) in [7, 11) is 1.86. The predicted octanol–water partition coefficient (Wildman–Crippen LogP) is 0.198. The highest BCUT2D eigenvalue weighted by Gasteiger charge is 2.34. The van der Waals surface area contributed by atoms with Crippen molar-refractivity contribution in [3.63, 3.8) is 0 Å². The summed E-state index contributed by atoms with van der Waals surface area (Å²) in [5.41, 5.74) is 2.75. The number of carbonyl (C=O) groups is 1. The SMILES string of the molecule is Cn1nc(C2CCC(O)NC2O)c2ccc(N3CC(C(=O)O)C3)cc21. The highest BCUT2D eigenvalue weighted by atomic mass is 16.4. The number of fused-ring (bicyclic) bond motifs is 1. The number of aliphatic carboxylic acids is 1. The molecular weight excluding hydrogens is 324 g/mol. The summed E-state index contributed by atoms with van der Waals surface area (Å²) < 4.78 is 1.79. The summed E-state index contributed by atoms with van der Waals surface area (Å²) in [5, 5.41) is 37.2. The quantitative estimate of drug-likeness (QED) is 0.628. The van der Waals surface area contributed by atoms with Gasteiger partial charge in [-0.3, -0.25) is 14.8 Å². The number of aliphatic hydroxyl groups excluding tert-OH is 2. The average Bonchev–Trinajstić information content (AvgIpc) is 2.82. The largest absolute Gasteiger partial charge is 0.481 e. The van der Waals surface area contributed by atoms with Crippen molar-refractivity contribution in [1.82, 2.24) is 15.1 Å². The number of benzene rings is 1. The van der Waals surface area contributed by atoms with Gasteiger partial charge in [0.05, 0.1) is 17.1 Å². The maximum absolute atomic E-state index is 11.0. The maximum Gasteiger partial charge on any atom is 0.310 e. The third kappa shape index (κ3) is 2.76. The van der Waals surface area contributed by atoms with E-state index in [0.717, 1.165) is 22.3 Å². The number of aliphatic hydroxyl groups is 2. The molecular formula is C17H22N4O4. The summed E-state index contributed by atoms with van der Waals surface area (Å²) in [4.78, 5) is 13.0. The van der Waals surface area contributed by atoms with Crippen molar-refractivity contribution in [2.24, 2.45) is 13.0 Å². The minimum absolute atomic E-state index is 0.168. The van der Waals surface area contributed by atoms with E-state index in [2.05, 4.69) is 10.4 Å². The van der Waals surface area contributed by atoms with Gasteiger partial charge in [-0.1, -0.05) is 0 Å². The number of rotatable bonds is 3. The highest BCUT2D eigenvalue weighted by molar-refractivity contribution is 5.86. The highest BCUT2D eigenvalue weighted by Crippen LogP contribution is 2.35. The molecule has 0 spiro atoms. The molecule has 0 saturated carbocycles. The van der Waals surface area contributed by atoms with Crippen LogP contribution in [-0.4, -0.2) is 56.6 Å². The monoisotopic (exact) mass is 346 g/mol. The Hall–Kier alpha value is -2.16. The Bertz CT molecular complexity index is 814. The molecule has 0 amide bonds. The van der Waals surface area contributed by atoms with E-state index < -0.39 is 18.4 Å². The molecule has 0 bridgehead atoms. The molecule has 1 aromatic carbocycles. The van der Waals surface area contributed by atoms with E-state index >= 15 is 0 Å². The van der Waals surface area contributed by atoms with Crippen molar-refractivity contribution >= 4 is 22.6 Å². The molecule has 3 heterocycles. The molecule has 1 aromatic heterocycles. The minimum Gasteiger partial charge on any atom is -0.481 e. The first kappa shape index (κ1) is 16.3. The number of nitrogens with zero attached hydrogens (tertiary/aromatic N) is 3. The van der Waals surface area contributed by atoms with Gasteiger partial charge in [-0.2, -0.15) is 5.10 Å². The van der Waals surface area contributed by atoms with Crippen LogP contribution >= 0.6 is 0 Å². The summed E-state index contributed by atoms with van der Waals surface area (Å²) in [6, 6.07) is 5.98. The van der Waals surface area contributed by atoms with E-state index in [1.54, 1.807) is 4.68 Å². The zero-order valence-corrected chi connectivity index (χ0v) is 14.0. The van der Waals surface area contributed by atoms with Crippen LogP contribution in [-0.2, 0) is 11.8 Å². The first-order chi connectivity index (χ1) is 11.9. The molecule has 2 saturated heterocycles. The van der Waals surface area contributed by atoms with Gasteiger partial charge in [-0.25, -0.2) is 0 Å². The Morgan fingerprint density at radius 1 is 1.28 bits per heavy atom. The Morgan fingerprint density at radius 3 is 2.72 bits per heavy atom. The first-order valence-corrected chi connectivity index (χ1v) is 8.50. The fraction of sp³-hybridized carbons (Fsp3) is 0.529. The minimum atomic E-state index is -0.826. The van der Waals surface area contributed by atoms with Crippen LogP contribution in [0.25, 0.3) is 10.9 Å². The van der Waals surface area contributed by atoms with Crippen LogP contribution in [0.5, 0.6) is 0 Å². The van der Waals surface area contributed by atoms with Crippen LogP contribution in [0.3, 0.4) is 0 Å². The Balaban J connectivity index is 1.62. The molecule has 2 aliphatic heterocycles. The van der Waals surface area contributed by atoms with Gasteiger partial charge in [0.15, 0.2) is 0 Å². The zero-order chi connectivity index (χ0) is 17.7. The van der Waals surface area contributed by atoms with E-state index in [1.165, 1.54) is 0 Å². The number of aromatic nitrogens is 2. The summed E-state index contributed by atoms with van der Waals surface area (Å²) in [6.45, 7) is 1.05. The van der Waals surface area contributed by atoms with Gasteiger partial charge in [0.25, 0.3) is 0 Å². The second kappa shape index (κ2) is 5.98. The van der Waals surface area contributed by atoms with Crippen LogP contribution in [0.4, 0.5) is 5.69 Å². The molecule has 0 aliphatic carbocycles. The van der Waals surface area contributed by atoms with Gasteiger partial charge < -0.3 is 20.2 Å². The number of piperidine rings is 1. The number of carboxylic acids is 1. The van der Waals surface area contributed by atoms with E-state index in [9.17, 15) is 15.0 Å². The second-order valence-electron chi connectivity index (χ2n) is 6.96. The van der Waals surface area contributed by atoms with Gasteiger partial charge in [0.1, 0.15) is 12.5 Å². The van der Waals surface area contributed by atoms with Gasteiger partial charge in [0, 0.05) is 37.1 Å². The number of anilines is 1. The van der Waals surface area contributed by atoms with Crippen molar-refractivity contribution in [2.75, 3.05) is 18.0 Å². The van der Waals surface area contributed by atoms with Gasteiger partial charge in [-0.15, -0.1) is 0 Å². The third-order valence-corrected chi connectivity index (χ3v) is 5.31. The lowest BCUT2D eigenvalue weighted by Gasteiger charge is -2.38. The molecule has 2 fully saturated rings. The fourth-order valence-electron chi connectivity index (χ4n) is 3.77. The lowest BCUT2D eigenvalue weighted by atomic mass is 9.91. The number of nitrogens with one attached hydrogen (secondary N) is 1. The Labute approximate surface area is 144 Å². The fourth-order valence-corrected chi connectivity index (χ4v) is 3.77. The molecule has 3 atom stereocenters. The smallest absolute Gasteiger partial charge is 0.310 e. The van der Waals surface area contributed by atoms with Gasteiger partial charge in [-0.05, 0) is 31.0 Å².